The standard InChI is InChI=1S/C14H29NO3/c1-5-7-15-12-9-13(14(12)17-8-6-2)18-11(3)10-16-4/h11-15H,5-10H2,1-4H3. The van der Waals surface area contributed by atoms with E-state index < -0.39 is 0 Å². The summed E-state index contributed by atoms with van der Waals surface area (Å²) in [6.07, 6.45) is 3.81. The van der Waals surface area contributed by atoms with E-state index >= 15 is 0 Å². The van der Waals surface area contributed by atoms with Crippen molar-refractivity contribution in [3.8, 4) is 0 Å². The Morgan fingerprint density at radius 1 is 1.28 bits per heavy atom. The SMILES string of the molecule is CCCNC1CC(OC(C)COC)C1OCCC. The quantitative estimate of drug-likeness (QED) is 0.651. The van der Waals surface area contributed by atoms with E-state index in [2.05, 4.69) is 19.2 Å². The van der Waals surface area contributed by atoms with Gasteiger partial charge in [-0.05, 0) is 32.7 Å². The lowest BCUT2D eigenvalue weighted by molar-refractivity contribution is -0.171. The van der Waals surface area contributed by atoms with Crippen LogP contribution in [0.5, 0.6) is 0 Å². The minimum Gasteiger partial charge on any atom is -0.382 e. The molecule has 0 heterocycles. The molecule has 0 aromatic heterocycles. The average Bonchev–Trinajstić information content (AvgIpc) is 2.33. The molecular weight excluding hydrogens is 230 g/mol. The molecule has 4 atom stereocenters. The first-order chi connectivity index (χ1) is 8.72. The highest BCUT2D eigenvalue weighted by Crippen LogP contribution is 2.28. The van der Waals surface area contributed by atoms with Crippen molar-refractivity contribution in [2.75, 3.05) is 26.9 Å². The molecule has 0 aliphatic heterocycles. The van der Waals surface area contributed by atoms with Gasteiger partial charge in [-0.3, -0.25) is 0 Å². The lowest BCUT2D eigenvalue weighted by Gasteiger charge is -2.45. The van der Waals surface area contributed by atoms with Crippen LogP contribution in [0.2, 0.25) is 0 Å². The first kappa shape index (κ1) is 15.9. The van der Waals surface area contributed by atoms with Gasteiger partial charge in [-0.1, -0.05) is 13.8 Å². The molecule has 1 rings (SSSR count). The molecule has 1 fully saturated rings. The summed E-state index contributed by atoms with van der Waals surface area (Å²) in [6, 6.07) is 0.455. The van der Waals surface area contributed by atoms with Gasteiger partial charge >= 0.3 is 0 Å². The van der Waals surface area contributed by atoms with Crippen LogP contribution < -0.4 is 5.32 Å². The van der Waals surface area contributed by atoms with Crippen molar-refractivity contribution in [3.63, 3.8) is 0 Å². The van der Waals surface area contributed by atoms with Crippen molar-refractivity contribution in [2.24, 2.45) is 0 Å². The van der Waals surface area contributed by atoms with Crippen LogP contribution in [0.15, 0.2) is 0 Å². The Bertz CT molecular complexity index is 213. The zero-order valence-corrected chi connectivity index (χ0v) is 12.3. The van der Waals surface area contributed by atoms with E-state index in [0.717, 1.165) is 32.4 Å². The van der Waals surface area contributed by atoms with Gasteiger partial charge in [-0.15, -0.1) is 0 Å². The molecule has 0 spiro atoms. The fraction of sp³-hybridized carbons (Fsp3) is 1.00. The molecular formula is C14H29NO3. The third-order valence-corrected chi connectivity index (χ3v) is 3.23. The van der Waals surface area contributed by atoms with Gasteiger partial charge in [0.1, 0.15) is 0 Å². The summed E-state index contributed by atoms with van der Waals surface area (Å²) in [7, 11) is 1.71. The van der Waals surface area contributed by atoms with Crippen molar-refractivity contribution in [1.29, 1.82) is 0 Å². The van der Waals surface area contributed by atoms with Gasteiger partial charge in [-0.2, -0.15) is 0 Å². The van der Waals surface area contributed by atoms with E-state index in [4.69, 9.17) is 14.2 Å². The number of nitrogens with one attached hydrogen (secondary N) is 1. The second kappa shape index (κ2) is 8.86. The van der Waals surface area contributed by atoms with E-state index in [1.807, 2.05) is 6.92 Å². The molecule has 0 saturated heterocycles. The highest BCUT2D eigenvalue weighted by Gasteiger charge is 2.43. The molecule has 1 aliphatic carbocycles. The highest BCUT2D eigenvalue weighted by molar-refractivity contribution is 4.97. The van der Waals surface area contributed by atoms with Crippen LogP contribution in [0, 0.1) is 0 Å². The normalized spacial score (nSPS) is 29.0. The number of hydrogen-bond acceptors (Lipinski definition) is 4. The number of rotatable bonds is 10. The molecule has 0 aromatic rings. The zero-order chi connectivity index (χ0) is 13.4. The molecule has 4 unspecified atom stereocenters. The van der Waals surface area contributed by atoms with E-state index in [0.29, 0.717) is 12.6 Å². The first-order valence-electron chi connectivity index (χ1n) is 7.22. The predicted molar refractivity (Wildman–Crippen MR) is 72.9 cm³/mol. The largest absolute Gasteiger partial charge is 0.382 e. The van der Waals surface area contributed by atoms with Crippen LogP contribution >= 0.6 is 0 Å². The summed E-state index contributed by atoms with van der Waals surface area (Å²) < 4.78 is 17.0. The fourth-order valence-electron chi connectivity index (χ4n) is 2.29. The van der Waals surface area contributed by atoms with Crippen LogP contribution in [0.25, 0.3) is 0 Å². The summed E-state index contributed by atoms with van der Waals surface area (Å²) in [6.45, 7) is 8.88. The minimum absolute atomic E-state index is 0.139. The Morgan fingerprint density at radius 3 is 2.67 bits per heavy atom. The molecule has 18 heavy (non-hydrogen) atoms. The summed E-state index contributed by atoms with van der Waals surface area (Å²) in [5.74, 6) is 0. The smallest absolute Gasteiger partial charge is 0.0990 e. The van der Waals surface area contributed by atoms with Gasteiger partial charge in [0, 0.05) is 19.8 Å². The maximum atomic E-state index is 5.96. The lowest BCUT2D eigenvalue weighted by atomic mass is 9.85. The van der Waals surface area contributed by atoms with Crippen LogP contribution in [-0.4, -0.2) is 51.2 Å². The van der Waals surface area contributed by atoms with Crippen molar-refractivity contribution < 1.29 is 14.2 Å². The lowest BCUT2D eigenvalue weighted by Crippen LogP contribution is -2.61. The second-order valence-electron chi connectivity index (χ2n) is 5.07. The van der Waals surface area contributed by atoms with Crippen molar-refractivity contribution in [3.05, 3.63) is 0 Å². The predicted octanol–water partition coefficient (Wildman–Crippen LogP) is 1.97. The van der Waals surface area contributed by atoms with Gasteiger partial charge < -0.3 is 19.5 Å². The maximum Gasteiger partial charge on any atom is 0.0990 e. The van der Waals surface area contributed by atoms with Crippen LogP contribution in [-0.2, 0) is 14.2 Å². The number of ether oxygens (including phenoxy) is 3. The van der Waals surface area contributed by atoms with Crippen LogP contribution in [0.4, 0.5) is 0 Å². The summed E-state index contributed by atoms with van der Waals surface area (Å²) >= 11 is 0. The van der Waals surface area contributed by atoms with E-state index in [1.165, 1.54) is 0 Å². The minimum atomic E-state index is 0.139. The van der Waals surface area contributed by atoms with Gasteiger partial charge in [-0.25, -0.2) is 0 Å². The molecule has 108 valence electrons. The molecule has 0 aromatic carbocycles. The topological polar surface area (TPSA) is 39.7 Å². The Kier molecular flexibility index (Phi) is 7.82. The molecule has 1 saturated carbocycles. The van der Waals surface area contributed by atoms with Crippen molar-refractivity contribution in [1.82, 2.24) is 5.32 Å². The van der Waals surface area contributed by atoms with Gasteiger partial charge in [0.05, 0.1) is 24.9 Å². The molecule has 0 radical (unpaired) electrons. The molecule has 0 amide bonds. The van der Waals surface area contributed by atoms with Gasteiger partial charge in [0.25, 0.3) is 0 Å². The Hall–Kier alpha value is -0.160. The monoisotopic (exact) mass is 259 g/mol. The molecule has 1 aliphatic rings. The van der Waals surface area contributed by atoms with Crippen LogP contribution in [0.1, 0.15) is 40.0 Å². The molecule has 4 nitrogen and oxygen atoms in total. The van der Waals surface area contributed by atoms with Gasteiger partial charge in [0.15, 0.2) is 0 Å². The summed E-state index contributed by atoms with van der Waals surface area (Å²) in [5.41, 5.74) is 0. The van der Waals surface area contributed by atoms with Crippen molar-refractivity contribution >= 4 is 0 Å². The fourth-order valence-corrected chi connectivity index (χ4v) is 2.29. The second-order valence-corrected chi connectivity index (χ2v) is 5.07. The number of methoxy groups -OCH3 is 1. The third-order valence-electron chi connectivity index (χ3n) is 3.23. The maximum absolute atomic E-state index is 5.96. The van der Waals surface area contributed by atoms with E-state index in [9.17, 15) is 0 Å². The number of hydrogen-bond donors (Lipinski definition) is 1. The van der Waals surface area contributed by atoms with Gasteiger partial charge in [0.2, 0.25) is 0 Å². The summed E-state index contributed by atoms with van der Waals surface area (Å²) in [5, 5.41) is 3.53. The average molecular weight is 259 g/mol. The Morgan fingerprint density at radius 2 is 2.06 bits per heavy atom. The third kappa shape index (κ3) is 4.84. The van der Waals surface area contributed by atoms with Crippen LogP contribution in [0.3, 0.4) is 0 Å². The van der Waals surface area contributed by atoms with E-state index in [1.54, 1.807) is 7.11 Å². The summed E-state index contributed by atoms with van der Waals surface area (Å²) in [4.78, 5) is 0. The van der Waals surface area contributed by atoms with E-state index in [-0.39, 0.29) is 18.3 Å². The highest BCUT2D eigenvalue weighted by atomic mass is 16.6. The van der Waals surface area contributed by atoms with Crippen molar-refractivity contribution in [2.45, 2.75) is 64.4 Å². The Balaban J connectivity index is 2.33. The Labute approximate surface area is 111 Å². The molecule has 4 heteroatoms. The molecule has 0 bridgehead atoms. The zero-order valence-electron chi connectivity index (χ0n) is 12.3. The molecule has 1 N–H and O–H groups in total. The first-order valence-corrected chi connectivity index (χ1v) is 7.22.